The highest BCUT2D eigenvalue weighted by molar-refractivity contribution is 5.90. The molecule has 0 bridgehead atoms. The summed E-state index contributed by atoms with van der Waals surface area (Å²) in [6.45, 7) is 3.18. The van der Waals surface area contributed by atoms with Gasteiger partial charge in [0.2, 0.25) is 5.91 Å². The zero-order chi connectivity index (χ0) is 14.4. The molecule has 1 amide bonds. The van der Waals surface area contributed by atoms with E-state index in [1.54, 1.807) is 25.1 Å². The van der Waals surface area contributed by atoms with Crippen molar-refractivity contribution in [3.63, 3.8) is 0 Å². The maximum atomic E-state index is 11.0. The van der Waals surface area contributed by atoms with Gasteiger partial charge in [0.1, 0.15) is 11.8 Å². The number of aliphatic carboxylic acids is 1. The Bertz CT molecular complexity index is 474. The van der Waals surface area contributed by atoms with Crippen molar-refractivity contribution in [2.24, 2.45) is 0 Å². The lowest BCUT2D eigenvalue weighted by Crippen LogP contribution is -2.28. The normalized spacial score (nSPS) is 11.5. The summed E-state index contributed by atoms with van der Waals surface area (Å²) >= 11 is 0. The number of hydrogen-bond acceptors (Lipinski definition) is 4. The highest BCUT2D eigenvalue weighted by Crippen LogP contribution is 2.28. The number of carboxylic acid groups (broad SMARTS) is 1. The van der Waals surface area contributed by atoms with Gasteiger partial charge in [0, 0.05) is 12.6 Å². The van der Waals surface area contributed by atoms with E-state index in [4.69, 9.17) is 9.84 Å². The molecule has 0 spiro atoms. The largest absolute Gasteiger partial charge is 0.495 e. The summed E-state index contributed by atoms with van der Waals surface area (Å²) in [6, 6.07) is 4.29. The monoisotopic (exact) mass is 266 g/mol. The summed E-state index contributed by atoms with van der Waals surface area (Å²) in [5, 5.41) is 14.6. The van der Waals surface area contributed by atoms with Crippen LogP contribution in [0, 0.1) is 0 Å². The SMILES string of the molecule is CCC(Nc1cc(NC(C)=O)ccc1OC)C(=O)O. The Morgan fingerprint density at radius 3 is 2.58 bits per heavy atom. The van der Waals surface area contributed by atoms with Crippen molar-refractivity contribution in [3.05, 3.63) is 18.2 Å². The number of anilines is 2. The predicted molar refractivity (Wildman–Crippen MR) is 72.6 cm³/mol. The lowest BCUT2D eigenvalue weighted by Gasteiger charge is -2.17. The van der Waals surface area contributed by atoms with Crippen molar-refractivity contribution in [1.82, 2.24) is 0 Å². The highest BCUT2D eigenvalue weighted by Gasteiger charge is 2.16. The second kappa shape index (κ2) is 6.63. The van der Waals surface area contributed by atoms with Gasteiger partial charge >= 0.3 is 5.97 Å². The van der Waals surface area contributed by atoms with Gasteiger partial charge in [0.05, 0.1) is 12.8 Å². The summed E-state index contributed by atoms with van der Waals surface area (Å²) in [7, 11) is 1.50. The molecular formula is C13H18N2O4. The van der Waals surface area contributed by atoms with E-state index in [-0.39, 0.29) is 5.91 Å². The first-order valence-electron chi connectivity index (χ1n) is 5.92. The summed E-state index contributed by atoms with van der Waals surface area (Å²) < 4.78 is 5.16. The van der Waals surface area contributed by atoms with Gasteiger partial charge in [0.25, 0.3) is 0 Å². The van der Waals surface area contributed by atoms with Gasteiger partial charge < -0.3 is 20.5 Å². The molecule has 0 aliphatic heterocycles. The molecule has 6 heteroatoms. The quantitative estimate of drug-likeness (QED) is 0.732. The van der Waals surface area contributed by atoms with Crippen LogP contribution in [0.5, 0.6) is 5.75 Å². The Hall–Kier alpha value is -2.24. The summed E-state index contributed by atoms with van der Waals surface area (Å²) in [4.78, 5) is 22.0. The summed E-state index contributed by atoms with van der Waals surface area (Å²) in [6.07, 6.45) is 0.433. The first kappa shape index (κ1) is 14.8. The van der Waals surface area contributed by atoms with Crippen molar-refractivity contribution >= 4 is 23.3 Å². The molecule has 0 aliphatic rings. The first-order valence-corrected chi connectivity index (χ1v) is 5.92. The van der Waals surface area contributed by atoms with E-state index < -0.39 is 12.0 Å². The zero-order valence-corrected chi connectivity index (χ0v) is 11.2. The minimum Gasteiger partial charge on any atom is -0.495 e. The molecule has 0 saturated carbocycles. The fraction of sp³-hybridized carbons (Fsp3) is 0.385. The number of hydrogen-bond donors (Lipinski definition) is 3. The Morgan fingerprint density at radius 1 is 1.42 bits per heavy atom. The molecule has 6 nitrogen and oxygen atoms in total. The Balaban J connectivity index is 3.01. The molecule has 0 radical (unpaired) electrons. The first-order chi connectivity index (χ1) is 8.97. The predicted octanol–water partition coefficient (Wildman–Crippen LogP) is 1.93. The van der Waals surface area contributed by atoms with E-state index in [2.05, 4.69) is 10.6 Å². The van der Waals surface area contributed by atoms with Crippen molar-refractivity contribution < 1.29 is 19.4 Å². The lowest BCUT2D eigenvalue weighted by atomic mass is 10.2. The average Bonchev–Trinajstić information content (AvgIpc) is 2.35. The molecule has 104 valence electrons. The number of carbonyl (C=O) groups is 2. The molecule has 0 aromatic heterocycles. The van der Waals surface area contributed by atoms with Gasteiger partial charge in [-0.1, -0.05) is 6.92 Å². The van der Waals surface area contributed by atoms with Crippen LogP contribution in [-0.4, -0.2) is 30.1 Å². The van der Waals surface area contributed by atoms with Gasteiger partial charge in [-0.3, -0.25) is 4.79 Å². The molecule has 0 aliphatic carbocycles. The maximum Gasteiger partial charge on any atom is 0.326 e. The number of carboxylic acids is 1. The number of carbonyl (C=O) groups excluding carboxylic acids is 1. The van der Waals surface area contributed by atoms with Gasteiger partial charge in [-0.25, -0.2) is 4.79 Å². The van der Waals surface area contributed by atoms with Gasteiger partial charge in [-0.05, 0) is 24.6 Å². The zero-order valence-electron chi connectivity index (χ0n) is 11.2. The van der Waals surface area contributed by atoms with Crippen molar-refractivity contribution in [3.8, 4) is 5.75 Å². The van der Waals surface area contributed by atoms with Gasteiger partial charge in [-0.15, -0.1) is 0 Å². The van der Waals surface area contributed by atoms with Crippen LogP contribution in [0.15, 0.2) is 18.2 Å². The summed E-state index contributed by atoms with van der Waals surface area (Å²) in [5.41, 5.74) is 1.11. The van der Waals surface area contributed by atoms with Crippen LogP contribution in [0.1, 0.15) is 20.3 Å². The van der Waals surface area contributed by atoms with Crippen LogP contribution < -0.4 is 15.4 Å². The third-order valence-electron chi connectivity index (χ3n) is 2.56. The number of benzene rings is 1. The van der Waals surface area contributed by atoms with Crippen molar-refractivity contribution in [1.29, 1.82) is 0 Å². The number of ether oxygens (including phenoxy) is 1. The van der Waals surface area contributed by atoms with E-state index >= 15 is 0 Å². The van der Waals surface area contributed by atoms with E-state index in [0.717, 1.165) is 0 Å². The third kappa shape index (κ3) is 4.17. The molecule has 0 saturated heterocycles. The molecule has 1 rings (SSSR count). The minimum atomic E-state index is -0.936. The molecule has 1 aromatic rings. The number of methoxy groups -OCH3 is 1. The number of rotatable bonds is 6. The Morgan fingerprint density at radius 2 is 2.11 bits per heavy atom. The van der Waals surface area contributed by atoms with Crippen LogP contribution in [0.2, 0.25) is 0 Å². The molecule has 1 unspecified atom stereocenters. The van der Waals surface area contributed by atoms with Crippen LogP contribution in [0.4, 0.5) is 11.4 Å². The second-order valence-electron chi connectivity index (χ2n) is 4.04. The van der Waals surface area contributed by atoms with E-state index in [1.807, 2.05) is 0 Å². The highest BCUT2D eigenvalue weighted by atomic mass is 16.5. The van der Waals surface area contributed by atoms with Crippen molar-refractivity contribution in [2.75, 3.05) is 17.7 Å². The third-order valence-corrected chi connectivity index (χ3v) is 2.56. The molecule has 3 N–H and O–H groups in total. The van der Waals surface area contributed by atoms with Crippen LogP contribution in [-0.2, 0) is 9.59 Å². The van der Waals surface area contributed by atoms with Gasteiger partial charge in [0.15, 0.2) is 0 Å². The fourth-order valence-corrected chi connectivity index (χ4v) is 1.63. The van der Waals surface area contributed by atoms with E-state index in [9.17, 15) is 9.59 Å². The number of amides is 1. The topological polar surface area (TPSA) is 87.7 Å². The lowest BCUT2D eigenvalue weighted by molar-refractivity contribution is -0.138. The number of nitrogens with one attached hydrogen (secondary N) is 2. The molecule has 0 heterocycles. The Kier molecular flexibility index (Phi) is 5.17. The smallest absolute Gasteiger partial charge is 0.326 e. The second-order valence-corrected chi connectivity index (χ2v) is 4.04. The molecule has 0 fully saturated rings. The maximum absolute atomic E-state index is 11.0. The van der Waals surface area contributed by atoms with Crippen molar-refractivity contribution in [2.45, 2.75) is 26.3 Å². The minimum absolute atomic E-state index is 0.193. The van der Waals surface area contributed by atoms with Crippen LogP contribution in [0.25, 0.3) is 0 Å². The van der Waals surface area contributed by atoms with E-state index in [0.29, 0.717) is 23.5 Å². The molecule has 1 aromatic carbocycles. The Labute approximate surface area is 111 Å². The molecule has 19 heavy (non-hydrogen) atoms. The van der Waals surface area contributed by atoms with Crippen LogP contribution >= 0.6 is 0 Å². The average molecular weight is 266 g/mol. The molecular weight excluding hydrogens is 248 g/mol. The van der Waals surface area contributed by atoms with E-state index in [1.165, 1.54) is 14.0 Å². The van der Waals surface area contributed by atoms with Gasteiger partial charge in [-0.2, -0.15) is 0 Å². The standard InChI is InChI=1S/C13H18N2O4/c1-4-10(13(17)18)15-11-7-9(14-8(2)16)5-6-12(11)19-3/h5-7,10,15H,4H2,1-3H3,(H,14,16)(H,17,18). The fourth-order valence-electron chi connectivity index (χ4n) is 1.63. The molecule has 1 atom stereocenters. The summed E-state index contributed by atoms with van der Waals surface area (Å²) in [5.74, 6) is -0.607. The van der Waals surface area contributed by atoms with Crippen LogP contribution in [0.3, 0.4) is 0 Å².